The van der Waals surface area contributed by atoms with Crippen molar-refractivity contribution < 1.29 is 13.5 Å². The monoisotopic (exact) mass is 413 g/mol. The van der Waals surface area contributed by atoms with Crippen LogP contribution in [-0.2, 0) is 6.61 Å². The topological polar surface area (TPSA) is 71.9 Å². The number of halogens is 2. The van der Waals surface area contributed by atoms with E-state index in [0.717, 1.165) is 17.7 Å². The van der Waals surface area contributed by atoms with Crippen LogP contribution in [0.2, 0.25) is 0 Å². The van der Waals surface area contributed by atoms with E-state index in [2.05, 4.69) is 11.1 Å². The first kappa shape index (κ1) is 20.0. The van der Waals surface area contributed by atoms with Crippen LogP contribution in [0, 0.1) is 23.0 Å². The summed E-state index contributed by atoms with van der Waals surface area (Å²) in [7, 11) is 0. The summed E-state index contributed by atoms with van der Waals surface area (Å²) >= 11 is 0. The Morgan fingerprint density at radius 1 is 0.903 bits per heavy atom. The highest BCUT2D eigenvalue weighted by Crippen LogP contribution is 2.33. The molecular formula is C25H17F2N3O. The van der Waals surface area contributed by atoms with Gasteiger partial charge in [-0.15, -0.1) is 0 Å². The zero-order chi connectivity index (χ0) is 21.8. The number of benzene rings is 3. The van der Waals surface area contributed by atoms with Crippen LogP contribution in [-0.4, -0.2) is 4.98 Å². The number of pyridine rings is 1. The van der Waals surface area contributed by atoms with Crippen molar-refractivity contribution in [2.75, 3.05) is 5.73 Å². The second-order valence-electron chi connectivity index (χ2n) is 6.85. The molecule has 2 N–H and O–H groups in total. The Bertz CT molecular complexity index is 1270. The van der Waals surface area contributed by atoms with Crippen LogP contribution >= 0.6 is 0 Å². The molecule has 0 amide bonds. The van der Waals surface area contributed by atoms with Gasteiger partial charge in [0, 0.05) is 17.2 Å². The molecule has 31 heavy (non-hydrogen) atoms. The van der Waals surface area contributed by atoms with Crippen molar-refractivity contribution in [1.82, 2.24) is 4.98 Å². The molecule has 3 aromatic carbocycles. The molecule has 0 fully saturated rings. The second-order valence-corrected chi connectivity index (χ2v) is 6.85. The molecule has 0 saturated heterocycles. The minimum absolute atomic E-state index is 0.0249. The van der Waals surface area contributed by atoms with Gasteiger partial charge in [-0.2, -0.15) is 5.26 Å². The smallest absolute Gasteiger partial charge is 0.142 e. The summed E-state index contributed by atoms with van der Waals surface area (Å²) in [6.07, 6.45) is 0. The number of nitriles is 1. The molecule has 0 radical (unpaired) electrons. The molecule has 152 valence electrons. The molecule has 6 heteroatoms. The average molecular weight is 413 g/mol. The van der Waals surface area contributed by atoms with E-state index in [4.69, 9.17) is 10.5 Å². The standard InChI is InChI=1S/C25H17F2N3O/c26-18-8-11-20(23(27)12-18)24-13-21(22(14-28)25(29)30-24)17-6-9-19(10-7-17)31-15-16-4-2-1-3-5-16/h1-13H,15H2,(H2,29,30). The van der Waals surface area contributed by atoms with Crippen LogP contribution in [0.4, 0.5) is 14.6 Å². The molecule has 0 aliphatic heterocycles. The lowest BCUT2D eigenvalue weighted by Gasteiger charge is -2.12. The van der Waals surface area contributed by atoms with Gasteiger partial charge in [-0.05, 0) is 41.5 Å². The van der Waals surface area contributed by atoms with Crippen molar-refractivity contribution in [2.24, 2.45) is 0 Å². The van der Waals surface area contributed by atoms with Gasteiger partial charge in [-0.1, -0.05) is 42.5 Å². The molecule has 0 bridgehead atoms. The van der Waals surface area contributed by atoms with E-state index in [-0.39, 0.29) is 22.6 Å². The number of rotatable bonds is 5. The summed E-state index contributed by atoms with van der Waals surface area (Å²) in [4.78, 5) is 4.14. The van der Waals surface area contributed by atoms with Crippen LogP contribution in [0.3, 0.4) is 0 Å². The quantitative estimate of drug-likeness (QED) is 0.454. The normalized spacial score (nSPS) is 10.5. The maximum absolute atomic E-state index is 14.3. The summed E-state index contributed by atoms with van der Waals surface area (Å²) in [5, 5.41) is 9.56. The fourth-order valence-corrected chi connectivity index (χ4v) is 3.22. The summed E-state index contributed by atoms with van der Waals surface area (Å²) in [6, 6.07) is 23.8. The van der Waals surface area contributed by atoms with Gasteiger partial charge in [0.15, 0.2) is 0 Å². The molecule has 0 aliphatic rings. The predicted molar refractivity (Wildman–Crippen MR) is 115 cm³/mol. The van der Waals surface area contributed by atoms with Crippen molar-refractivity contribution in [1.29, 1.82) is 5.26 Å². The van der Waals surface area contributed by atoms with Gasteiger partial charge < -0.3 is 10.5 Å². The number of nitrogen functional groups attached to an aromatic ring is 1. The van der Waals surface area contributed by atoms with Gasteiger partial charge in [-0.3, -0.25) is 0 Å². The Labute approximate surface area is 178 Å². The van der Waals surface area contributed by atoms with Crippen LogP contribution < -0.4 is 10.5 Å². The van der Waals surface area contributed by atoms with Crippen LogP contribution in [0.1, 0.15) is 11.1 Å². The summed E-state index contributed by atoms with van der Waals surface area (Å²) < 4.78 is 33.3. The van der Waals surface area contributed by atoms with E-state index in [1.807, 2.05) is 30.3 Å². The lowest BCUT2D eigenvalue weighted by molar-refractivity contribution is 0.306. The van der Waals surface area contributed by atoms with E-state index in [0.29, 0.717) is 23.5 Å². The highest BCUT2D eigenvalue weighted by molar-refractivity contribution is 5.80. The number of hydrogen-bond donors (Lipinski definition) is 1. The molecule has 0 unspecified atom stereocenters. The van der Waals surface area contributed by atoms with E-state index < -0.39 is 11.6 Å². The SMILES string of the molecule is N#Cc1c(-c2ccc(OCc3ccccc3)cc2)cc(-c2ccc(F)cc2F)nc1N. The van der Waals surface area contributed by atoms with E-state index in [9.17, 15) is 14.0 Å². The largest absolute Gasteiger partial charge is 0.489 e. The first-order valence-electron chi connectivity index (χ1n) is 9.48. The minimum Gasteiger partial charge on any atom is -0.489 e. The lowest BCUT2D eigenvalue weighted by atomic mass is 9.98. The number of aromatic nitrogens is 1. The Balaban J connectivity index is 1.66. The summed E-state index contributed by atoms with van der Waals surface area (Å²) in [5.74, 6) is -0.803. The van der Waals surface area contributed by atoms with Crippen molar-refractivity contribution in [3.05, 3.63) is 102 Å². The average Bonchev–Trinajstić information content (AvgIpc) is 2.78. The molecule has 1 aromatic heterocycles. The van der Waals surface area contributed by atoms with E-state index >= 15 is 0 Å². The van der Waals surface area contributed by atoms with Crippen molar-refractivity contribution in [2.45, 2.75) is 6.61 Å². The fraction of sp³-hybridized carbons (Fsp3) is 0.0400. The summed E-state index contributed by atoms with van der Waals surface area (Å²) in [6.45, 7) is 0.430. The number of ether oxygens (including phenoxy) is 1. The predicted octanol–water partition coefficient (Wildman–Crippen LogP) is 5.73. The first-order chi connectivity index (χ1) is 15.0. The Morgan fingerprint density at radius 3 is 2.32 bits per heavy atom. The minimum atomic E-state index is -0.757. The lowest BCUT2D eigenvalue weighted by Crippen LogP contribution is -2.01. The molecule has 4 aromatic rings. The summed E-state index contributed by atoms with van der Waals surface area (Å²) in [5.41, 5.74) is 8.72. The van der Waals surface area contributed by atoms with Gasteiger partial charge in [0.25, 0.3) is 0 Å². The number of nitrogens with two attached hydrogens (primary N) is 1. The molecule has 4 nitrogen and oxygen atoms in total. The Hall–Kier alpha value is -4.24. The van der Waals surface area contributed by atoms with Gasteiger partial charge in [0.1, 0.15) is 41.4 Å². The van der Waals surface area contributed by atoms with E-state index in [1.165, 1.54) is 6.07 Å². The molecule has 4 rings (SSSR count). The zero-order valence-electron chi connectivity index (χ0n) is 16.3. The molecular weight excluding hydrogens is 396 g/mol. The third-order valence-corrected chi connectivity index (χ3v) is 4.78. The fourth-order valence-electron chi connectivity index (χ4n) is 3.22. The first-order valence-corrected chi connectivity index (χ1v) is 9.48. The number of hydrogen-bond acceptors (Lipinski definition) is 4. The molecule has 1 heterocycles. The second kappa shape index (κ2) is 8.64. The van der Waals surface area contributed by atoms with E-state index in [1.54, 1.807) is 30.3 Å². The van der Waals surface area contributed by atoms with Crippen molar-refractivity contribution >= 4 is 5.82 Å². The van der Waals surface area contributed by atoms with Gasteiger partial charge in [0.2, 0.25) is 0 Å². The van der Waals surface area contributed by atoms with Gasteiger partial charge in [-0.25, -0.2) is 13.8 Å². The maximum Gasteiger partial charge on any atom is 0.142 e. The third-order valence-electron chi connectivity index (χ3n) is 4.78. The van der Waals surface area contributed by atoms with Crippen LogP contribution in [0.25, 0.3) is 22.4 Å². The molecule has 0 saturated carbocycles. The highest BCUT2D eigenvalue weighted by atomic mass is 19.1. The van der Waals surface area contributed by atoms with Crippen molar-refractivity contribution in [3.8, 4) is 34.2 Å². The molecule has 0 aliphatic carbocycles. The maximum atomic E-state index is 14.3. The van der Waals surface area contributed by atoms with Crippen LogP contribution in [0.5, 0.6) is 5.75 Å². The Kier molecular flexibility index (Phi) is 5.59. The van der Waals surface area contributed by atoms with Crippen molar-refractivity contribution in [3.63, 3.8) is 0 Å². The van der Waals surface area contributed by atoms with Crippen LogP contribution in [0.15, 0.2) is 78.9 Å². The molecule has 0 spiro atoms. The number of anilines is 1. The Morgan fingerprint density at radius 2 is 1.65 bits per heavy atom. The zero-order valence-corrected chi connectivity index (χ0v) is 16.3. The third kappa shape index (κ3) is 4.36. The van der Waals surface area contributed by atoms with Gasteiger partial charge in [0.05, 0.1) is 5.69 Å². The molecule has 0 atom stereocenters. The van der Waals surface area contributed by atoms with Gasteiger partial charge >= 0.3 is 0 Å². The highest BCUT2D eigenvalue weighted by Gasteiger charge is 2.16. The number of nitrogens with zero attached hydrogens (tertiary/aromatic N) is 2.